The lowest BCUT2D eigenvalue weighted by Gasteiger charge is -2.23. The molecule has 8 heteroatoms. The van der Waals surface area contributed by atoms with Crippen LogP contribution in [0.5, 0.6) is 0 Å². The van der Waals surface area contributed by atoms with E-state index in [1.54, 1.807) is 6.20 Å². The summed E-state index contributed by atoms with van der Waals surface area (Å²) in [5.74, 6) is 0. The number of pyridine rings is 1. The van der Waals surface area contributed by atoms with Crippen molar-refractivity contribution < 1.29 is 13.2 Å². The third-order valence-electron chi connectivity index (χ3n) is 3.32. The SMILES string of the molecule is CC(C)N(CCCNC(=O)N[C@@H](C)c1ccccn1)S(C)(=O)=O. The first kappa shape index (κ1) is 19.4. The van der Waals surface area contributed by atoms with Crippen molar-refractivity contribution in [2.75, 3.05) is 19.3 Å². The average Bonchev–Trinajstić information content (AvgIpc) is 2.46. The van der Waals surface area contributed by atoms with E-state index in [1.165, 1.54) is 10.6 Å². The Morgan fingerprint density at radius 1 is 1.30 bits per heavy atom. The zero-order chi connectivity index (χ0) is 17.5. The van der Waals surface area contributed by atoms with Crippen molar-refractivity contribution in [1.82, 2.24) is 19.9 Å². The van der Waals surface area contributed by atoms with Crippen LogP contribution < -0.4 is 10.6 Å². The summed E-state index contributed by atoms with van der Waals surface area (Å²) in [6, 6.07) is 4.95. The molecule has 1 aromatic heterocycles. The first-order valence-electron chi connectivity index (χ1n) is 7.64. The molecule has 1 rings (SSSR count). The average molecular weight is 342 g/mol. The number of carbonyl (C=O) groups excluding carboxylic acids is 1. The van der Waals surface area contributed by atoms with Crippen LogP contribution in [0.25, 0.3) is 0 Å². The van der Waals surface area contributed by atoms with Gasteiger partial charge in [-0.25, -0.2) is 13.2 Å². The number of amides is 2. The van der Waals surface area contributed by atoms with Gasteiger partial charge in [-0.3, -0.25) is 4.98 Å². The fourth-order valence-electron chi connectivity index (χ4n) is 2.20. The van der Waals surface area contributed by atoms with Crippen molar-refractivity contribution in [2.24, 2.45) is 0 Å². The summed E-state index contributed by atoms with van der Waals surface area (Å²) < 4.78 is 24.7. The third kappa shape index (κ3) is 6.96. The summed E-state index contributed by atoms with van der Waals surface area (Å²) >= 11 is 0. The molecule has 0 aromatic carbocycles. The molecule has 1 aromatic rings. The highest BCUT2D eigenvalue weighted by Gasteiger charge is 2.19. The number of aromatic nitrogens is 1. The topological polar surface area (TPSA) is 91.4 Å². The van der Waals surface area contributed by atoms with Gasteiger partial charge in [0.05, 0.1) is 18.0 Å². The van der Waals surface area contributed by atoms with Crippen molar-refractivity contribution >= 4 is 16.1 Å². The Kier molecular flexibility index (Phi) is 7.44. The van der Waals surface area contributed by atoms with Crippen LogP contribution in [0.2, 0.25) is 0 Å². The number of nitrogens with one attached hydrogen (secondary N) is 2. The second-order valence-electron chi connectivity index (χ2n) is 5.70. The molecule has 0 fully saturated rings. The minimum Gasteiger partial charge on any atom is -0.338 e. The maximum absolute atomic E-state index is 11.8. The Labute approximate surface area is 138 Å². The van der Waals surface area contributed by atoms with Gasteiger partial charge in [-0.2, -0.15) is 4.31 Å². The summed E-state index contributed by atoms with van der Waals surface area (Å²) in [6.07, 6.45) is 3.43. The number of rotatable bonds is 8. The molecule has 1 heterocycles. The number of hydrogen-bond donors (Lipinski definition) is 2. The largest absolute Gasteiger partial charge is 0.338 e. The van der Waals surface area contributed by atoms with Gasteiger partial charge in [-0.1, -0.05) is 6.07 Å². The first-order chi connectivity index (χ1) is 10.7. The van der Waals surface area contributed by atoms with E-state index in [4.69, 9.17) is 0 Å². The molecular weight excluding hydrogens is 316 g/mol. The van der Waals surface area contributed by atoms with Gasteiger partial charge in [-0.15, -0.1) is 0 Å². The van der Waals surface area contributed by atoms with Crippen LogP contribution in [0.15, 0.2) is 24.4 Å². The Bertz CT molecular complexity index is 590. The highest BCUT2D eigenvalue weighted by atomic mass is 32.2. The number of carbonyl (C=O) groups is 1. The zero-order valence-corrected chi connectivity index (χ0v) is 14.9. The van der Waals surface area contributed by atoms with E-state index in [9.17, 15) is 13.2 Å². The van der Waals surface area contributed by atoms with Gasteiger partial charge < -0.3 is 10.6 Å². The van der Waals surface area contributed by atoms with Gasteiger partial charge in [0.15, 0.2) is 0 Å². The van der Waals surface area contributed by atoms with Crippen LogP contribution in [0.1, 0.15) is 38.9 Å². The fourth-order valence-corrected chi connectivity index (χ4v) is 3.42. The molecular formula is C15H26N4O3S. The lowest BCUT2D eigenvalue weighted by Crippen LogP contribution is -2.40. The normalized spacial score (nSPS) is 13.1. The molecule has 0 aliphatic carbocycles. The molecule has 1 atom stereocenters. The predicted octanol–water partition coefficient (Wildman–Crippen LogP) is 1.50. The molecule has 0 radical (unpaired) electrons. The maximum atomic E-state index is 11.8. The highest BCUT2D eigenvalue weighted by molar-refractivity contribution is 7.88. The summed E-state index contributed by atoms with van der Waals surface area (Å²) in [5.41, 5.74) is 0.783. The monoisotopic (exact) mass is 342 g/mol. The number of nitrogens with zero attached hydrogens (tertiary/aromatic N) is 2. The van der Waals surface area contributed by atoms with E-state index in [1.807, 2.05) is 39.0 Å². The van der Waals surface area contributed by atoms with Crippen LogP contribution in [0, 0.1) is 0 Å². The van der Waals surface area contributed by atoms with Gasteiger partial charge in [0.1, 0.15) is 0 Å². The number of urea groups is 1. The summed E-state index contributed by atoms with van der Waals surface area (Å²) in [5, 5.41) is 5.52. The van der Waals surface area contributed by atoms with Crippen molar-refractivity contribution in [3.63, 3.8) is 0 Å². The standard InChI is InChI=1S/C15H26N4O3S/c1-12(2)19(23(4,21)22)11-7-10-17-15(20)18-13(3)14-8-5-6-9-16-14/h5-6,8-9,12-13H,7,10-11H2,1-4H3,(H2,17,18,20)/t13-/m0/s1. The van der Waals surface area contributed by atoms with Crippen LogP contribution in [0.3, 0.4) is 0 Å². The summed E-state index contributed by atoms with van der Waals surface area (Å²) in [4.78, 5) is 16.0. The van der Waals surface area contributed by atoms with E-state index >= 15 is 0 Å². The predicted molar refractivity (Wildman–Crippen MR) is 90.5 cm³/mol. The summed E-state index contributed by atoms with van der Waals surface area (Å²) in [7, 11) is -3.22. The highest BCUT2D eigenvalue weighted by Crippen LogP contribution is 2.07. The van der Waals surface area contributed by atoms with Gasteiger partial charge in [0.2, 0.25) is 10.0 Å². The van der Waals surface area contributed by atoms with Gasteiger partial charge in [0.25, 0.3) is 0 Å². The molecule has 23 heavy (non-hydrogen) atoms. The minimum absolute atomic E-state index is 0.0944. The van der Waals surface area contributed by atoms with Crippen LogP contribution >= 0.6 is 0 Å². The molecule has 0 aliphatic heterocycles. The van der Waals surface area contributed by atoms with Crippen molar-refractivity contribution in [3.8, 4) is 0 Å². The van der Waals surface area contributed by atoms with E-state index < -0.39 is 10.0 Å². The second kappa shape index (κ2) is 8.83. The van der Waals surface area contributed by atoms with Crippen LogP contribution in [-0.2, 0) is 10.0 Å². The molecule has 0 saturated carbocycles. The number of hydrogen-bond acceptors (Lipinski definition) is 4. The maximum Gasteiger partial charge on any atom is 0.315 e. The Morgan fingerprint density at radius 2 is 2.00 bits per heavy atom. The van der Waals surface area contributed by atoms with Crippen LogP contribution in [-0.4, -0.2) is 49.1 Å². The van der Waals surface area contributed by atoms with E-state index in [2.05, 4.69) is 15.6 Å². The molecule has 2 amide bonds. The first-order valence-corrected chi connectivity index (χ1v) is 9.48. The number of sulfonamides is 1. The fraction of sp³-hybridized carbons (Fsp3) is 0.600. The smallest absolute Gasteiger partial charge is 0.315 e. The van der Waals surface area contributed by atoms with Crippen molar-refractivity contribution in [1.29, 1.82) is 0 Å². The molecule has 0 aliphatic rings. The molecule has 0 unspecified atom stereocenters. The molecule has 2 N–H and O–H groups in total. The van der Waals surface area contributed by atoms with E-state index in [0.717, 1.165) is 5.69 Å². The second-order valence-corrected chi connectivity index (χ2v) is 7.63. The Balaban J connectivity index is 2.34. The third-order valence-corrected chi connectivity index (χ3v) is 4.78. The Morgan fingerprint density at radius 3 is 2.52 bits per heavy atom. The summed E-state index contributed by atoms with van der Waals surface area (Å²) in [6.45, 7) is 6.30. The molecule has 0 spiro atoms. The lowest BCUT2D eigenvalue weighted by molar-refractivity contribution is 0.237. The zero-order valence-electron chi connectivity index (χ0n) is 14.1. The van der Waals surface area contributed by atoms with Gasteiger partial charge in [-0.05, 0) is 39.3 Å². The lowest BCUT2D eigenvalue weighted by atomic mass is 10.2. The van der Waals surface area contributed by atoms with Crippen molar-refractivity contribution in [3.05, 3.63) is 30.1 Å². The minimum atomic E-state index is -3.22. The van der Waals surface area contributed by atoms with Gasteiger partial charge >= 0.3 is 6.03 Å². The molecule has 0 saturated heterocycles. The molecule has 0 bridgehead atoms. The quantitative estimate of drug-likeness (QED) is 0.701. The van der Waals surface area contributed by atoms with Crippen LogP contribution in [0.4, 0.5) is 4.79 Å². The molecule has 130 valence electrons. The Hall–Kier alpha value is -1.67. The van der Waals surface area contributed by atoms with E-state index in [0.29, 0.717) is 19.5 Å². The van der Waals surface area contributed by atoms with Gasteiger partial charge in [0, 0.05) is 25.3 Å². The molecule has 7 nitrogen and oxygen atoms in total. The van der Waals surface area contributed by atoms with E-state index in [-0.39, 0.29) is 18.1 Å². The van der Waals surface area contributed by atoms with Crippen molar-refractivity contribution in [2.45, 2.75) is 39.3 Å².